The third-order valence-corrected chi connectivity index (χ3v) is 3.98. The molecule has 0 aromatic heterocycles. The highest BCUT2D eigenvalue weighted by atomic mass is 127. The maximum Gasteiger partial charge on any atom is 0.257 e. The molecule has 1 fully saturated rings. The third kappa shape index (κ3) is 2.95. The van der Waals surface area contributed by atoms with Gasteiger partial charge in [0.05, 0.1) is 5.56 Å². The van der Waals surface area contributed by atoms with Crippen LogP contribution in [0.5, 0.6) is 5.75 Å². The van der Waals surface area contributed by atoms with Gasteiger partial charge in [-0.3, -0.25) is 4.79 Å². The van der Waals surface area contributed by atoms with Crippen LogP contribution in [0.4, 0.5) is 0 Å². The Morgan fingerprint density at radius 3 is 3.06 bits per heavy atom. The highest BCUT2D eigenvalue weighted by Gasteiger charge is 2.25. The van der Waals surface area contributed by atoms with Gasteiger partial charge in [-0.05, 0) is 60.7 Å². The summed E-state index contributed by atoms with van der Waals surface area (Å²) in [5.74, 6) is -0.0158. The van der Waals surface area contributed by atoms with Gasteiger partial charge < -0.3 is 15.3 Å². The van der Waals surface area contributed by atoms with Gasteiger partial charge >= 0.3 is 0 Å². The zero-order valence-electron chi connectivity index (χ0n) is 10.3. The Morgan fingerprint density at radius 2 is 2.33 bits per heavy atom. The van der Waals surface area contributed by atoms with Crippen LogP contribution < -0.4 is 5.32 Å². The molecule has 1 aliphatic rings. The molecular formula is C13H17IN2O2. The Bertz CT molecular complexity index is 451. The summed E-state index contributed by atoms with van der Waals surface area (Å²) in [5, 5.41) is 13.0. The van der Waals surface area contributed by atoms with E-state index >= 15 is 0 Å². The average Bonchev–Trinajstić information content (AvgIpc) is 2.41. The monoisotopic (exact) mass is 360 g/mol. The molecule has 2 rings (SSSR count). The molecule has 0 bridgehead atoms. The van der Waals surface area contributed by atoms with E-state index in [4.69, 9.17) is 0 Å². The second-order valence-corrected chi connectivity index (χ2v) is 5.79. The van der Waals surface area contributed by atoms with E-state index in [1.54, 1.807) is 18.2 Å². The first-order valence-corrected chi connectivity index (χ1v) is 7.14. The van der Waals surface area contributed by atoms with E-state index in [2.05, 4.69) is 27.9 Å². The summed E-state index contributed by atoms with van der Waals surface area (Å²) in [5.41, 5.74) is 0.402. The van der Waals surface area contributed by atoms with Crippen molar-refractivity contribution < 1.29 is 9.90 Å². The van der Waals surface area contributed by atoms with Gasteiger partial charge in [0, 0.05) is 22.7 Å². The molecule has 5 heteroatoms. The Hall–Kier alpha value is -0.820. The molecule has 1 unspecified atom stereocenters. The lowest BCUT2D eigenvalue weighted by Gasteiger charge is -2.32. The number of amides is 1. The first-order valence-electron chi connectivity index (χ1n) is 6.07. The predicted octanol–water partition coefficient (Wildman–Crippen LogP) is 1.82. The van der Waals surface area contributed by atoms with Crippen LogP contribution in [0, 0.1) is 3.57 Å². The number of hydrogen-bond acceptors (Lipinski definition) is 3. The maximum atomic E-state index is 12.4. The first-order chi connectivity index (χ1) is 8.61. The van der Waals surface area contributed by atoms with E-state index in [-0.39, 0.29) is 11.7 Å². The quantitative estimate of drug-likeness (QED) is 0.792. The number of carbonyl (C=O) groups is 1. The Kier molecular flexibility index (Phi) is 4.45. The first kappa shape index (κ1) is 13.6. The van der Waals surface area contributed by atoms with Crippen LogP contribution in [0.3, 0.4) is 0 Å². The molecule has 4 nitrogen and oxygen atoms in total. The summed E-state index contributed by atoms with van der Waals surface area (Å²) < 4.78 is 0.955. The van der Waals surface area contributed by atoms with Crippen LogP contribution in [0.2, 0.25) is 0 Å². The number of likely N-dealkylation sites (tertiary alicyclic amines) is 1. The van der Waals surface area contributed by atoms with E-state index in [0.717, 1.165) is 23.0 Å². The molecule has 0 aliphatic carbocycles. The molecule has 1 amide bonds. The van der Waals surface area contributed by atoms with E-state index in [9.17, 15) is 9.90 Å². The largest absolute Gasteiger partial charge is 0.507 e. The van der Waals surface area contributed by atoms with Gasteiger partial charge in [0.1, 0.15) is 5.75 Å². The number of carbonyl (C=O) groups excluding carboxylic acids is 1. The molecule has 1 aromatic rings. The zero-order valence-corrected chi connectivity index (χ0v) is 12.5. The van der Waals surface area contributed by atoms with E-state index in [1.807, 2.05) is 11.9 Å². The van der Waals surface area contributed by atoms with Gasteiger partial charge in [0.2, 0.25) is 0 Å². The molecule has 0 saturated carbocycles. The predicted molar refractivity (Wildman–Crippen MR) is 78.8 cm³/mol. The lowest BCUT2D eigenvalue weighted by Crippen LogP contribution is -2.47. The van der Waals surface area contributed by atoms with Crippen LogP contribution in [-0.4, -0.2) is 42.1 Å². The summed E-state index contributed by atoms with van der Waals surface area (Å²) in [6, 6.07) is 5.46. The van der Waals surface area contributed by atoms with Crippen molar-refractivity contribution in [3.8, 4) is 5.75 Å². The number of phenols is 1. The minimum Gasteiger partial charge on any atom is -0.507 e. The summed E-state index contributed by atoms with van der Waals surface area (Å²) >= 11 is 2.14. The van der Waals surface area contributed by atoms with Crippen molar-refractivity contribution in [2.75, 3.05) is 20.1 Å². The number of rotatable bonds is 2. The number of likely N-dealkylation sites (N-methyl/N-ethyl adjacent to an activating group) is 1. The van der Waals surface area contributed by atoms with E-state index in [0.29, 0.717) is 18.2 Å². The number of piperidine rings is 1. The summed E-state index contributed by atoms with van der Waals surface area (Å²) in [6.07, 6.45) is 2.10. The van der Waals surface area contributed by atoms with Gasteiger partial charge in [0.25, 0.3) is 5.91 Å². The standard InChI is InChI=1S/C13H17IN2O2/c1-15-10-3-2-6-16(8-10)13(18)11-7-9(14)4-5-12(11)17/h4-5,7,10,15,17H,2-3,6,8H2,1H3. The molecular weight excluding hydrogens is 343 g/mol. The van der Waals surface area contributed by atoms with Crippen molar-refractivity contribution in [2.24, 2.45) is 0 Å². The number of phenolic OH excluding ortho intramolecular Hbond substituents is 1. The fraction of sp³-hybridized carbons (Fsp3) is 0.462. The van der Waals surface area contributed by atoms with Crippen LogP contribution in [0.15, 0.2) is 18.2 Å². The Labute approximate surface area is 121 Å². The maximum absolute atomic E-state index is 12.4. The van der Waals surface area contributed by atoms with E-state index < -0.39 is 0 Å². The highest BCUT2D eigenvalue weighted by molar-refractivity contribution is 14.1. The topological polar surface area (TPSA) is 52.6 Å². The lowest BCUT2D eigenvalue weighted by molar-refractivity contribution is 0.0695. The van der Waals surface area contributed by atoms with Crippen molar-refractivity contribution >= 4 is 28.5 Å². The summed E-state index contributed by atoms with van der Waals surface area (Å²) in [7, 11) is 1.92. The number of benzene rings is 1. The number of hydrogen-bond donors (Lipinski definition) is 2. The second-order valence-electron chi connectivity index (χ2n) is 4.54. The van der Waals surface area contributed by atoms with Crippen molar-refractivity contribution in [1.29, 1.82) is 0 Å². The van der Waals surface area contributed by atoms with Crippen LogP contribution >= 0.6 is 22.6 Å². The van der Waals surface area contributed by atoms with Crippen molar-refractivity contribution in [1.82, 2.24) is 10.2 Å². The molecule has 98 valence electrons. The lowest BCUT2D eigenvalue weighted by atomic mass is 10.0. The van der Waals surface area contributed by atoms with E-state index in [1.165, 1.54) is 0 Å². The smallest absolute Gasteiger partial charge is 0.257 e. The Morgan fingerprint density at radius 1 is 1.56 bits per heavy atom. The van der Waals surface area contributed by atoms with Gasteiger partial charge in [-0.1, -0.05) is 0 Å². The minimum absolute atomic E-state index is 0.0620. The van der Waals surface area contributed by atoms with Crippen LogP contribution in [-0.2, 0) is 0 Å². The SMILES string of the molecule is CNC1CCCN(C(=O)c2cc(I)ccc2O)C1. The normalized spacial score (nSPS) is 19.9. The third-order valence-electron chi connectivity index (χ3n) is 3.31. The fourth-order valence-electron chi connectivity index (χ4n) is 2.25. The molecule has 1 atom stereocenters. The molecule has 1 aliphatic heterocycles. The zero-order chi connectivity index (χ0) is 13.1. The molecule has 0 spiro atoms. The summed E-state index contributed by atoms with van der Waals surface area (Å²) in [4.78, 5) is 14.2. The van der Waals surface area contributed by atoms with Gasteiger partial charge in [-0.15, -0.1) is 0 Å². The van der Waals surface area contributed by atoms with Crippen molar-refractivity contribution in [3.05, 3.63) is 27.3 Å². The highest BCUT2D eigenvalue weighted by Crippen LogP contribution is 2.23. The van der Waals surface area contributed by atoms with Gasteiger partial charge in [-0.25, -0.2) is 0 Å². The second kappa shape index (κ2) is 5.88. The summed E-state index contributed by atoms with van der Waals surface area (Å²) in [6.45, 7) is 1.47. The van der Waals surface area contributed by atoms with Gasteiger partial charge in [-0.2, -0.15) is 0 Å². The van der Waals surface area contributed by atoms with Crippen LogP contribution in [0.1, 0.15) is 23.2 Å². The van der Waals surface area contributed by atoms with Crippen molar-refractivity contribution in [2.45, 2.75) is 18.9 Å². The van der Waals surface area contributed by atoms with Crippen LogP contribution in [0.25, 0.3) is 0 Å². The molecule has 1 heterocycles. The molecule has 18 heavy (non-hydrogen) atoms. The van der Waals surface area contributed by atoms with Crippen molar-refractivity contribution in [3.63, 3.8) is 0 Å². The minimum atomic E-state index is -0.0778. The average molecular weight is 360 g/mol. The molecule has 1 aromatic carbocycles. The fourth-order valence-corrected chi connectivity index (χ4v) is 2.74. The number of nitrogens with one attached hydrogen (secondary N) is 1. The number of aromatic hydroxyl groups is 1. The molecule has 2 N–H and O–H groups in total. The Balaban J connectivity index is 2.17. The molecule has 1 saturated heterocycles. The number of halogens is 1. The van der Waals surface area contributed by atoms with Gasteiger partial charge in [0.15, 0.2) is 0 Å². The molecule has 0 radical (unpaired) electrons. The number of nitrogens with zero attached hydrogens (tertiary/aromatic N) is 1.